The van der Waals surface area contributed by atoms with Gasteiger partial charge in [0.25, 0.3) is 0 Å². The second-order valence-electron chi connectivity index (χ2n) is 4.66. The normalized spacial score (nSPS) is 21.3. The number of carbonyl (C=O) groups excluding carboxylic acids is 1. The third-order valence-corrected chi connectivity index (χ3v) is 3.01. The summed E-state index contributed by atoms with van der Waals surface area (Å²) >= 11 is 0. The Morgan fingerprint density at radius 3 is 2.44 bits per heavy atom. The first-order valence-corrected chi connectivity index (χ1v) is 6.43. The summed E-state index contributed by atoms with van der Waals surface area (Å²) < 4.78 is 0. The lowest BCUT2D eigenvalue weighted by Crippen LogP contribution is -2.41. The zero-order valence-corrected chi connectivity index (χ0v) is 10.6. The number of hydrogen-bond donors (Lipinski definition) is 1. The first-order chi connectivity index (χ1) is 7.67. The van der Waals surface area contributed by atoms with Crippen LogP contribution in [0, 0.1) is 0 Å². The minimum Gasteiger partial charge on any atom is -0.342 e. The molecule has 1 atom stereocenters. The summed E-state index contributed by atoms with van der Waals surface area (Å²) in [4.78, 5) is 16.2. The summed E-state index contributed by atoms with van der Waals surface area (Å²) in [6.45, 7) is 8.38. The van der Waals surface area contributed by atoms with E-state index in [2.05, 4.69) is 18.7 Å². The molecule has 1 saturated heterocycles. The lowest BCUT2D eigenvalue weighted by Gasteiger charge is -2.24. The van der Waals surface area contributed by atoms with E-state index in [0.29, 0.717) is 6.54 Å². The number of amides is 1. The average molecular weight is 227 g/mol. The number of likely N-dealkylation sites (tertiary alicyclic amines) is 1. The fourth-order valence-corrected chi connectivity index (χ4v) is 2.20. The summed E-state index contributed by atoms with van der Waals surface area (Å²) in [7, 11) is 0. The molecule has 94 valence electrons. The van der Waals surface area contributed by atoms with Crippen molar-refractivity contribution in [1.29, 1.82) is 0 Å². The Morgan fingerprint density at radius 1 is 1.38 bits per heavy atom. The maximum absolute atomic E-state index is 12.0. The molecule has 4 nitrogen and oxygen atoms in total. The maximum Gasteiger partial charge on any atom is 0.236 e. The van der Waals surface area contributed by atoms with Crippen molar-refractivity contribution in [2.24, 2.45) is 5.73 Å². The Morgan fingerprint density at radius 2 is 2.00 bits per heavy atom. The van der Waals surface area contributed by atoms with Gasteiger partial charge >= 0.3 is 0 Å². The van der Waals surface area contributed by atoms with Crippen molar-refractivity contribution in [3.8, 4) is 0 Å². The number of nitrogens with two attached hydrogens (primary N) is 1. The van der Waals surface area contributed by atoms with E-state index in [1.807, 2.05) is 4.90 Å². The molecule has 0 aromatic heterocycles. The number of hydrogen-bond acceptors (Lipinski definition) is 3. The van der Waals surface area contributed by atoms with E-state index in [9.17, 15) is 4.79 Å². The van der Waals surface area contributed by atoms with E-state index in [0.717, 1.165) is 45.4 Å². The van der Waals surface area contributed by atoms with Gasteiger partial charge in [-0.2, -0.15) is 0 Å². The highest BCUT2D eigenvalue weighted by Crippen LogP contribution is 2.07. The molecule has 1 amide bonds. The van der Waals surface area contributed by atoms with Crippen molar-refractivity contribution in [2.45, 2.75) is 39.2 Å². The summed E-state index contributed by atoms with van der Waals surface area (Å²) in [5.74, 6) is 0.262. The van der Waals surface area contributed by atoms with Gasteiger partial charge in [-0.3, -0.25) is 9.69 Å². The van der Waals surface area contributed by atoms with E-state index in [1.54, 1.807) is 0 Å². The van der Waals surface area contributed by atoms with Crippen LogP contribution >= 0.6 is 0 Å². The van der Waals surface area contributed by atoms with E-state index >= 15 is 0 Å². The number of rotatable bonds is 6. The van der Waals surface area contributed by atoms with Gasteiger partial charge in [0.2, 0.25) is 5.91 Å². The highest BCUT2D eigenvalue weighted by molar-refractivity contribution is 5.78. The van der Waals surface area contributed by atoms with E-state index in [4.69, 9.17) is 5.73 Å². The molecule has 1 aliphatic rings. The van der Waals surface area contributed by atoms with Gasteiger partial charge in [-0.25, -0.2) is 0 Å². The molecule has 1 aliphatic heterocycles. The largest absolute Gasteiger partial charge is 0.342 e. The van der Waals surface area contributed by atoms with Crippen LogP contribution in [0.2, 0.25) is 0 Å². The van der Waals surface area contributed by atoms with Crippen molar-refractivity contribution in [3.63, 3.8) is 0 Å². The minimum atomic E-state index is 0.262. The second-order valence-corrected chi connectivity index (χ2v) is 4.66. The third kappa shape index (κ3) is 4.10. The van der Waals surface area contributed by atoms with Gasteiger partial charge in [0.1, 0.15) is 0 Å². The molecule has 1 heterocycles. The highest BCUT2D eigenvalue weighted by Gasteiger charge is 2.22. The zero-order chi connectivity index (χ0) is 12.0. The molecule has 1 fully saturated rings. The van der Waals surface area contributed by atoms with E-state index < -0.39 is 0 Å². The van der Waals surface area contributed by atoms with Crippen LogP contribution in [0.1, 0.15) is 33.1 Å². The fourth-order valence-electron chi connectivity index (χ4n) is 2.20. The Labute approximate surface area is 98.8 Å². The molecule has 0 spiro atoms. The number of carbonyl (C=O) groups is 1. The first-order valence-electron chi connectivity index (χ1n) is 6.43. The van der Waals surface area contributed by atoms with Crippen LogP contribution in [0.4, 0.5) is 0 Å². The molecule has 0 aromatic carbocycles. The quantitative estimate of drug-likeness (QED) is 0.725. The van der Waals surface area contributed by atoms with Gasteiger partial charge < -0.3 is 10.6 Å². The topological polar surface area (TPSA) is 49.6 Å². The molecule has 2 N–H and O–H groups in total. The van der Waals surface area contributed by atoms with Gasteiger partial charge in [0, 0.05) is 32.2 Å². The molecular weight excluding hydrogens is 202 g/mol. The molecule has 1 rings (SSSR count). The lowest BCUT2D eigenvalue weighted by molar-refractivity contribution is -0.132. The molecule has 0 bridgehead atoms. The monoisotopic (exact) mass is 227 g/mol. The summed E-state index contributed by atoms with van der Waals surface area (Å²) in [5, 5.41) is 0. The van der Waals surface area contributed by atoms with E-state index in [-0.39, 0.29) is 11.9 Å². The molecule has 16 heavy (non-hydrogen) atoms. The van der Waals surface area contributed by atoms with Crippen LogP contribution in [0.5, 0.6) is 0 Å². The molecular formula is C12H25N3O. The van der Waals surface area contributed by atoms with Crippen LogP contribution < -0.4 is 5.73 Å². The summed E-state index contributed by atoms with van der Waals surface area (Å²) in [6, 6.07) is 0.263. The maximum atomic E-state index is 12.0. The first kappa shape index (κ1) is 13.5. The van der Waals surface area contributed by atoms with Crippen LogP contribution in [0.25, 0.3) is 0 Å². The summed E-state index contributed by atoms with van der Waals surface area (Å²) in [6.07, 6.45) is 3.09. The Bertz CT molecular complexity index is 214. The highest BCUT2D eigenvalue weighted by atomic mass is 16.2. The predicted molar refractivity (Wildman–Crippen MR) is 66.2 cm³/mol. The molecule has 4 heteroatoms. The smallest absolute Gasteiger partial charge is 0.236 e. The van der Waals surface area contributed by atoms with Crippen molar-refractivity contribution in [2.75, 3.05) is 32.7 Å². The SMILES string of the molecule is CCCN(CCC)C(=O)CN1CC[C@H](N)C1. The van der Waals surface area contributed by atoms with Gasteiger partial charge in [-0.1, -0.05) is 13.8 Å². The standard InChI is InChI=1S/C12H25N3O/c1-3-6-15(7-4-2)12(16)10-14-8-5-11(13)9-14/h11H,3-10,13H2,1-2H3/t11-/m0/s1. The van der Waals surface area contributed by atoms with Gasteiger partial charge in [0.05, 0.1) is 6.54 Å². The van der Waals surface area contributed by atoms with Crippen molar-refractivity contribution in [3.05, 3.63) is 0 Å². The predicted octanol–water partition coefficient (Wildman–Crippen LogP) is 0.668. The summed E-state index contributed by atoms with van der Waals surface area (Å²) in [5.41, 5.74) is 5.83. The third-order valence-electron chi connectivity index (χ3n) is 3.01. The van der Waals surface area contributed by atoms with Crippen molar-refractivity contribution < 1.29 is 4.79 Å². The van der Waals surface area contributed by atoms with Crippen molar-refractivity contribution >= 4 is 5.91 Å². The van der Waals surface area contributed by atoms with Crippen molar-refractivity contribution in [1.82, 2.24) is 9.80 Å². The molecule has 0 saturated carbocycles. The lowest BCUT2D eigenvalue weighted by atomic mass is 10.3. The fraction of sp³-hybridized carbons (Fsp3) is 0.917. The molecule has 0 unspecified atom stereocenters. The Hall–Kier alpha value is -0.610. The number of nitrogens with zero attached hydrogens (tertiary/aromatic N) is 2. The Kier molecular flexibility index (Phi) is 5.77. The minimum absolute atomic E-state index is 0.262. The van der Waals surface area contributed by atoms with Gasteiger partial charge in [0.15, 0.2) is 0 Å². The Balaban J connectivity index is 2.36. The molecule has 0 aliphatic carbocycles. The van der Waals surface area contributed by atoms with Gasteiger partial charge in [-0.15, -0.1) is 0 Å². The second kappa shape index (κ2) is 6.86. The van der Waals surface area contributed by atoms with E-state index in [1.165, 1.54) is 0 Å². The average Bonchev–Trinajstić information content (AvgIpc) is 2.63. The molecule has 0 aromatic rings. The van der Waals surface area contributed by atoms with Crippen LogP contribution in [-0.4, -0.2) is 54.5 Å². The van der Waals surface area contributed by atoms with Crippen LogP contribution in [0.15, 0.2) is 0 Å². The van der Waals surface area contributed by atoms with Gasteiger partial charge in [-0.05, 0) is 19.3 Å². The van der Waals surface area contributed by atoms with Crippen LogP contribution in [0.3, 0.4) is 0 Å². The molecule has 0 radical (unpaired) electrons. The van der Waals surface area contributed by atoms with Crippen LogP contribution in [-0.2, 0) is 4.79 Å². The zero-order valence-electron chi connectivity index (χ0n) is 10.6.